The Balaban J connectivity index is 2.70. The highest BCUT2D eigenvalue weighted by atomic mass is 16.4. The summed E-state index contributed by atoms with van der Waals surface area (Å²) < 4.78 is 0. The molecule has 30 heavy (non-hydrogen) atoms. The Morgan fingerprint density at radius 1 is 0.933 bits per heavy atom. The Morgan fingerprint density at radius 2 is 1.60 bits per heavy atom. The lowest BCUT2D eigenvalue weighted by molar-refractivity contribution is -0.142. The number of rotatable bonds is 13. The maximum Gasteiger partial charge on any atom is 0.326 e. The first-order valence-electron chi connectivity index (χ1n) is 9.85. The van der Waals surface area contributed by atoms with Gasteiger partial charge in [-0.15, -0.1) is 0 Å². The van der Waals surface area contributed by atoms with Crippen molar-refractivity contribution >= 4 is 23.7 Å². The van der Waals surface area contributed by atoms with Crippen molar-refractivity contribution < 1.29 is 24.3 Å². The van der Waals surface area contributed by atoms with Crippen LogP contribution in [0.25, 0.3) is 0 Å². The van der Waals surface area contributed by atoms with Gasteiger partial charge in [-0.3, -0.25) is 14.4 Å². The van der Waals surface area contributed by atoms with Crippen molar-refractivity contribution in [2.75, 3.05) is 13.1 Å². The molecule has 10 heteroatoms. The molecule has 0 aliphatic carbocycles. The lowest BCUT2D eigenvalue weighted by Crippen LogP contribution is -2.55. The van der Waals surface area contributed by atoms with Gasteiger partial charge in [-0.1, -0.05) is 30.3 Å². The first-order valence-corrected chi connectivity index (χ1v) is 9.85. The number of benzene rings is 1. The largest absolute Gasteiger partial charge is 0.480 e. The fourth-order valence-electron chi connectivity index (χ4n) is 2.74. The molecule has 0 aromatic heterocycles. The predicted molar refractivity (Wildman–Crippen MR) is 111 cm³/mol. The average Bonchev–Trinajstić information content (AvgIpc) is 2.72. The molecule has 10 nitrogen and oxygen atoms in total. The van der Waals surface area contributed by atoms with Gasteiger partial charge in [-0.2, -0.15) is 0 Å². The molecule has 8 N–H and O–H groups in total. The topological polar surface area (TPSA) is 177 Å². The molecule has 1 rings (SSSR count). The minimum Gasteiger partial charge on any atom is -0.480 e. The first kappa shape index (κ1) is 25.1. The highest BCUT2D eigenvalue weighted by Gasteiger charge is 2.27. The van der Waals surface area contributed by atoms with Crippen LogP contribution in [0, 0.1) is 0 Å². The number of carboxylic acid groups (broad SMARTS) is 1. The Bertz CT molecular complexity index is 713. The number of nitrogens with two attached hydrogens (primary N) is 2. The fraction of sp³-hybridized carbons (Fsp3) is 0.500. The smallest absolute Gasteiger partial charge is 0.326 e. The van der Waals surface area contributed by atoms with E-state index >= 15 is 0 Å². The molecule has 1 aromatic rings. The monoisotopic (exact) mass is 421 g/mol. The average molecular weight is 421 g/mol. The SMILES string of the molecule is CC(NC(=O)C(CCCCN)NC(=O)CN)C(=O)NC(Cc1ccccc1)C(=O)O. The number of unbranched alkanes of at least 4 members (excludes halogenated alkanes) is 1. The van der Waals surface area contributed by atoms with Crippen molar-refractivity contribution in [2.24, 2.45) is 11.5 Å². The molecular weight excluding hydrogens is 390 g/mol. The molecule has 0 saturated carbocycles. The van der Waals surface area contributed by atoms with Crippen molar-refractivity contribution in [3.05, 3.63) is 35.9 Å². The summed E-state index contributed by atoms with van der Waals surface area (Å²) in [5.74, 6) is -2.86. The van der Waals surface area contributed by atoms with Gasteiger partial charge in [0, 0.05) is 6.42 Å². The van der Waals surface area contributed by atoms with Crippen LogP contribution in [0.4, 0.5) is 0 Å². The molecule has 0 fully saturated rings. The van der Waals surface area contributed by atoms with Gasteiger partial charge in [-0.05, 0) is 38.3 Å². The molecule has 0 heterocycles. The zero-order chi connectivity index (χ0) is 22.5. The van der Waals surface area contributed by atoms with E-state index in [1.807, 2.05) is 6.07 Å². The van der Waals surface area contributed by atoms with E-state index in [-0.39, 0.29) is 13.0 Å². The maximum absolute atomic E-state index is 12.5. The zero-order valence-corrected chi connectivity index (χ0v) is 17.1. The highest BCUT2D eigenvalue weighted by molar-refractivity contribution is 5.93. The van der Waals surface area contributed by atoms with Crippen molar-refractivity contribution in [3.8, 4) is 0 Å². The standard InChI is InChI=1S/C20H31N5O5/c1-13(23-19(28)15(9-5-6-10-21)24-17(26)12-22)18(27)25-16(20(29)30)11-14-7-3-2-4-8-14/h2-4,7-8,13,15-16H,5-6,9-12,21-22H2,1H3,(H,23,28)(H,24,26)(H,25,27)(H,29,30). The van der Waals surface area contributed by atoms with E-state index in [4.69, 9.17) is 11.5 Å². The lowest BCUT2D eigenvalue weighted by atomic mass is 10.1. The number of carboxylic acids is 1. The van der Waals surface area contributed by atoms with Gasteiger partial charge in [0.15, 0.2) is 0 Å². The molecule has 1 aromatic carbocycles. The molecular formula is C20H31N5O5. The normalized spacial score (nSPS) is 13.6. The quantitative estimate of drug-likeness (QED) is 0.218. The molecule has 0 radical (unpaired) electrons. The Hall–Kier alpha value is -2.98. The molecule has 3 amide bonds. The predicted octanol–water partition coefficient (Wildman–Crippen LogP) is -1.12. The van der Waals surface area contributed by atoms with Crippen molar-refractivity contribution in [3.63, 3.8) is 0 Å². The number of amides is 3. The third-order valence-electron chi connectivity index (χ3n) is 4.43. The molecule has 0 spiro atoms. The second-order valence-corrected chi connectivity index (χ2v) is 6.93. The van der Waals surface area contributed by atoms with E-state index in [9.17, 15) is 24.3 Å². The number of carbonyl (C=O) groups is 4. The van der Waals surface area contributed by atoms with Crippen LogP contribution in [0.5, 0.6) is 0 Å². The van der Waals surface area contributed by atoms with E-state index in [2.05, 4.69) is 16.0 Å². The molecule has 0 saturated heterocycles. The maximum atomic E-state index is 12.5. The van der Waals surface area contributed by atoms with Crippen LogP contribution in [0.3, 0.4) is 0 Å². The van der Waals surface area contributed by atoms with Crippen molar-refractivity contribution in [2.45, 2.75) is 50.7 Å². The van der Waals surface area contributed by atoms with Gasteiger partial charge >= 0.3 is 5.97 Å². The fourth-order valence-corrected chi connectivity index (χ4v) is 2.74. The van der Waals surface area contributed by atoms with Gasteiger partial charge in [0.25, 0.3) is 0 Å². The summed E-state index contributed by atoms with van der Waals surface area (Å²) in [5.41, 5.74) is 11.5. The lowest BCUT2D eigenvalue weighted by Gasteiger charge is -2.22. The Labute approximate surface area is 175 Å². The van der Waals surface area contributed by atoms with E-state index in [0.29, 0.717) is 25.8 Å². The van der Waals surface area contributed by atoms with Crippen LogP contribution in [-0.2, 0) is 25.6 Å². The number of nitrogens with one attached hydrogen (secondary N) is 3. The number of aliphatic carboxylic acids is 1. The van der Waals surface area contributed by atoms with Crippen molar-refractivity contribution in [1.82, 2.24) is 16.0 Å². The van der Waals surface area contributed by atoms with Crippen LogP contribution >= 0.6 is 0 Å². The third-order valence-corrected chi connectivity index (χ3v) is 4.43. The summed E-state index contributed by atoms with van der Waals surface area (Å²) in [6.45, 7) is 1.63. The number of hydrogen-bond acceptors (Lipinski definition) is 6. The molecule has 3 atom stereocenters. The van der Waals surface area contributed by atoms with Gasteiger partial charge in [0.2, 0.25) is 17.7 Å². The highest BCUT2D eigenvalue weighted by Crippen LogP contribution is 2.05. The third kappa shape index (κ3) is 9.01. The Kier molecular flexibility index (Phi) is 11.1. The molecule has 166 valence electrons. The molecule has 0 aliphatic rings. The summed E-state index contributed by atoms with van der Waals surface area (Å²) in [7, 11) is 0. The van der Waals surface area contributed by atoms with E-state index in [0.717, 1.165) is 5.56 Å². The first-order chi connectivity index (χ1) is 14.3. The van der Waals surface area contributed by atoms with Gasteiger partial charge in [-0.25, -0.2) is 4.79 Å². The second kappa shape index (κ2) is 13.3. The van der Waals surface area contributed by atoms with Crippen LogP contribution in [0.2, 0.25) is 0 Å². The van der Waals surface area contributed by atoms with E-state index in [1.165, 1.54) is 6.92 Å². The number of carbonyl (C=O) groups excluding carboxylic acids is 3. The van der Waals surface area contributed by atoms with Gasteiger partial charge in [0.1, 0.15) is 18.1 Å². The summed E-state index contributed by atoms with van der Waals surface area (Å²) in [4.78, 5) is 48.1. The molecule has 0 aliphatic heterocycles. The summed E-state index contributed by atoms with van der Waals surface area (Å²) in [5, 5.41) is 16.9. The minimum absolute atomic E-state index is 0.108. The second-order valence-electron chi connectivity index (χ2n) is 6.93. The summed E-state index contributed by atoms with van der Waals surface area (Å²) in [6.07, 6.45) is 1.74. The van der Waals surface area contributed by atoms with Crippen molar-refractivity contribution in [1.29, 1.82) is 0 Å². The molecule has 0 bridgehead atoms. The van der Waals surface area contributed by atoms with E-state index in [1.54, 1.807) is 24.3 Å². The minimum atomic E-state index is -1.18. The van der Waals surface area contributed by atoms with Crippen LogP contribution in [0.15, 0.2) is 30.3 Å². The van der Waals surface area contributed by atoms with Crippen LogP contribution in [-0.4, -0.2) is 60.0 Å². The van der Waals surface area contributed by atoms with Gasteiger partial charge < -0.3 is 32.5 Å². The summed E-state index contributed by atoms with van der Waals surface area (Å²) >= 11 is 0. The van der Waals surface area contributed by atoms with Crippen LogP contribution < -0.4 is 27.4 Å². The number of hydrogen-bond donors (Lipinski definition) is 6. The van der Waals surface area contributed by atoms with E-state index < -0.39 is 41.8 Å². The summed E-state index contributed by atoms with van der Waals surface area (Å²) in [6, 6.07) is 5.89. The zero-order valence-electron chi connectivity index (χ0n) is 17.1. The molecule has 3 unspecified atom stereocenters. The van der Waals surface area contributed by atoms with Gasteiger partial charge in [0.05, 0.1) is 6.54 Å². The van der Waals surface area contributed by atoms with Crippen LogP contribution in [0.1, 0.15) is 31.7 Å². The Morgan fingerprint density at radius 3 is 2.17 bits per heavy atom.